The van der Waals surface area contributed by atoms with Crippen molar-refractivity contribution < 1.29 is 18.8 Å². The predicted octanol–water partition coefficient (Wildman–Crippen LogP) is 5.29. The van der Waals surface area contributed by atoms with Gasteiger partial charge in [0.25, 0.3) is 0 Å². The topological polar surface area (TPSA) is 106 Å². The van der Waals surface area contributed by atoms with Crippen molar-refractivity contribution in [1.29, 1.82) is 0 Å². The number of nitrogens with zero attached hydrogens (tertiary/aromatic N) is 4. The van der Waals surface area contributed by atoms with Crippen LogP contribution >= 0.6 is 11.3 Å². The molecule has 2 amide bonds. The van der Waals surface area contributed by atoms with Crippen LogP contribution in [0.4, 0.5) is 10.6 Å². The fourth-order valence-corrected chi connectivity index (χ4v) is 5.29. The first-order valence-corrected chi connectivity index (χ1v) is 14.3. The number of ether oxygens (including phenoxy) is 2. The average Bonchev–Trinajstić information content (AvgIpc) is 3.66. The van der Waals surface area contributed by atoms with E-state index < -0.39 is 6.03 Å². The second kappa shape index (κ2) is 12.2. The molecule has 0 bridgehead atoms. The Morgan fingerprint density at radius 2 is 2.05 bits per heavy atom. The van der Waals surface area contributed by atoms with Crippen LogP contribution in [0.1, 0.15) is 39.1 Å². The van der Waals surface area contributed by atoms with Crippen LogP contribution in [0.5, 0.6) is 5.75 Å². The molecule has 4 heterocycles. The van der Waals surface area contributed by atoms with Gasteiger partial charge in [-0.15, -0.1) is 6.42 Å². The number of thiazole rings is 1. The maximum atomic E-state index is 12.4. The Morgan fingerprint density at radius 3 is 2.78 bits per heavy atom. The molecule has 1 aromatic carbocycles. The minimum Gasteiger partial charge on any atom is -0.492 e. The molecule has 0 unspecified atom stereocenters. The summed E-state index contributed by atoms with van der Waals surface area (Å²) in [5.74, 6) is 4.33. The number of amides is 2. The highest BCUT2D eigenvalue weighted by Gasteiger charge is 2.20. The van der Waals surface area contributed by atoms with Gasteiger partial charge in [0.2, 0.25) is 0 Å². The van der Waals surface area contributed by atoms with E-state index in [-0.39, 0.29) is 5.41 Å². The molecule has 10 nitrogen and oxygen atoms in total. The lowest BCUT2D eigenvalue weighted by Gasteiger charge is -2.26. The standard InChI is InChI=1S/C30H34N6O4S/c1-6-21(31-28(37)33-27-18-26(40-34-27)30(3,4)5)8-7-20(2)23-19-36-24-10-9-22(17-25(24)41-29(36)32-23)39-16-13-35-11-14-38-15-12-35/h1,7-10,17-19H,11-16H2,2-5H3,(H2,31,33,34,37). The molecule has 0 radical (unpaired) electrons. The number of benzene rings is 1. The molecule has 214 valence electrons. The Morgan fingerprint density at radius 1 is 1.24 bits per heavy atom. The Bertz CT molecular complexity index is 1640. The van der Waals surface area contributed by atoms with Crippen LogP contribution < -0.4 is 15.4 Å². The maximum Gasteiger partial charge on any atom is 0.325 e. The number of carbonyl (C=O) groups is 1. The first kappa shape index (κ1) is 28.4. The number of fused-ring (bicyclic) bond motifs is 3. The number of nitrogens with one attached hydrogen (secondary N) is 2. The molecular formula is C30H34N6O4S. The van der Waals surface area contributed by atoms with E-state index in [0.717, 1.165) is 65.0 Å². The van der Waals surface area contributed by atoms with Crippen LogP contribution in [0.15, 0.2) is 52.8 Å². The quantitative estimate of drug-likeness (QED) is 0.218. The normalized spacial score (nSPS) is 15.3. The highest BCUT2D eigenvalue weighted by Crippen LogP contribution is 2.31. The van der Waals surface area contributed by atoms with Crippen LogP contribution in [0.25, 0.3) is 20.8 Å². The predicted molar refractivity (Wildman–Crippen MR) is 161 cm³/mol. The number of hydrogen-bond acceptors (Lipinski definition) is 8. The molecule has 0 aliphatic carbocycles. The molecule has 11 heteroatoms. The van der Waals surface area contributed by atoms with Crippen molar-refractivity contribution in [2.45, 2.75) is 33.1 Å². The molecule has 1 fully saturated rings. The summed E-state index contributed by atoms with van der Waals surface area (Å²) in [5.41, 5.74) is 2.87. The summed E-state index contributed by atoms with van der Waals surface area (Å²) >= 11 is 1.61. The minimum absolute atomic E-state index is 0.218. The lowest BCUT2D eigenvalue weighted by molar-refractivity contribution is 0.0322. The lowest BCUT2D eigenvalue weighted by Crippen LogP contribution is -2.38. The van der Waals surface area contributed by atoms with Gasteiger partial charge in [0.1, 0.15) is 18.1 Å². The van der Waals surface area contributed by atoms with Crippen LogP contribution in [0.3, 0.4) is 0 Å². The third kappa shape index (κ3) is 6.97. The summed E-state index contributed by atoms with van der Waals surface area (Å²) < 4.78 is 19.9. The molecule has 4 aromatic rings. The molecule has 3 aromatic heterocycles. The van der Waals surface area contributed by atoms with E-state index in [1.807, 2.05) is 46.0 Å². The summed E-state index contributed by atoms with van der Waals surface area (Å²) in [6.45, 7) is 13.0. The highest BCUT2D eigenvalue weighted by molar-refractivity contribution is 7.23. The van der Waals surface area contributed by atoms with Crippen molar-refractivity contribution in [1.82, 2.24) is 24.8 Å². The molecule has 41 heavy (non-hydrogen) atoms. The number of allylic oxidation sites excluding steroid dienone is 4. The van der Waals surface area contributed by atoms with Crippen LogP contribution in [-0.2, 0) is 10.2 Å². The molecule has 2 N–H and O–H groups in total. The average molecular weight is 575 g/mol. The second-order valence-corrected chi connectivity index (χ2v) is 11.8. The van der Waals surface area contributed by atoms with E-state index in [0.29, 0.717) is 23.9 Å². The largest absolute Gasteiger partial charge is 0.492 e. The fraction of sp³-hybridized carbons (Fsp3) is 0.367. The Labute approximate surface area is 243 Å². The number of aromatic nitrogens is 3. The van der Waals surface area contributed by atoms with Crippen molar-refractivity contribution in [2.75, 3.05) is 44.8 Å². The first-order chi connectivity index (χ1) is 19.7. The van der Waals surface area contributed by atoms with Crippen molar-refractivity contribution >= 4 is 43.9 Å². The van der Waals surface area contributed by atoms with Crippen molar-refractivity contribution in [3.05, 3.63) is 59.8 Å². The number of anilines is 1. The number of morpholine rings is 1. The molecule has 1 aliphatic heterocycles. The zero-order valence-electron chi connectivity index (χ0n) is 23.7. The van der Waals surface area contributed by atoms with Crippen molar-refractivity contribution in [3.8, 4) is 18.1 Å². The second-order valence-electron chi connectivity index (χ2n) is 10.8. The number of imidazole rings is 1. The Kier molecular flexibility index (Phi) is 8.44. The third-order valence-electron chi connectivity index (χ3n) is 6.64. The maximum absolute atomic E-state index is 12.4. The number of hydrogen-bond donors (Lipinski definition) is 2. The highest BCUT2D eigenvalue weighted by atomic mass is 32.1. The fourth-order valence-electron chi connectivity index (χ4n) is 4.26. The van der Waals surface area contributed by atoms with E-state index >= 15 is 0 Å². The lowest BCUT2D eigenvalue weighted by atomic mass is 9.93. The van der Waals surface area contributed by atoms with Crippen molar-refractivity contribution in [3.63, 3.8) is 0 Å². The van der Waals surface area contributed by atoms with E-state index in [9.17, 15) is 4.79 Å². The van der Waals surface area contributed by atoms with E-state index in [4.69, 9.17) is 25.4 Å². The first-order valence-electron chi connectivity index (χ1n) is 13.4. The van der Waals surface area contributed by atoms with Crippen LogP contribution in [0, 0.1) is 12.3 Å². The van der Waals surface area contributed by atoms with Crippen LogP contribution in [0.2, 0.25) is 0 Å². The molecule has 0 spiro atoms. The van der Waals surface area contributed by atoms with Gasteiger partial charge in [-0.3, -0.25) is 14.6 Å². The Balaban J connectivity index is 1.21. The van der Waals surface area contributed by atoms with Gasteiger partial charge in [0.05, 0.1) is 34.8 Å². The molecular weight excluding hydrogens is 540 g/mol. The van der Waals surface area contributed by atoms with Crippen molar-refractivity contribution in [2.24, 2.45) is 0 Å². The zero-order chi connectivity index (χ0) is 29.0. The molecule has 0 saturated carbocycles. The number of terminal acetylenes is 1. The summed E-state index contributed by atoms with van der Waals surface area (Å²) in [5, 5.41) is 9.19. The zero-order valence-corrected chi connectivity index (χ0v) is 24.5. The van der Waals surface area contributed by atoms with E-state index in [1.165, 1.54) is 0 Å². The summed E-state index contributed by atoms with van der Waals surface area (Å²) in [4.78, 5) is 20.5. The van der Waals surface area contributed by atoms with Gasteiger partial charge in [-0.25, -0.2) is 9.78 Å². The monoisotopic (exact) mass is 574 g/mol. The van der Waals surface area contributed by atoms with Gasteiger partial charge in [-0.1, -0.05) is 49.3 Å². The summed E-state index contributed by atoms with van der Waals surface area (Å²) in [7, 11) is 0. The summed E-state index contributed by atoms with van der Waals surface area (Å²) in [6, 6.07) is 7.31. The van der Waals surface area contributed by atoms with Gasteiger partial charge in [0, 0.05) is 37.3 Å². The molecule has 1 aliphatic rings. The van der Waals surface area contributed by atoms with E-state index in [1.54, 1.807) is 23.5 Å². The SMILES string of the molecule is C#CC(=CC=C(C)c1cn2c(n1)sc1cc(OCCN3CCOCC3)ccc12)NC(=O)Nc1cc(C(C)(C)C)on1. The van der Waals surface area contributed by atoms with Crippen LogP contribution in [-0.4, -0.2) is 64.9 Å². The smallest absolute Gasteiger partial charge is 0.325 e. The molecule has 5 rings (SSSR count). The number of urea groups is 1. The van der Waals surface area contributed by atoms with Gasteiger partial charge in [-0.05, 0) is 36.8 Å². The van der Waals surface area contributed by atoms with Gasteiger partial charge < -0.3 is 19.3 Å². The Hall–Kier alpha value is -4.11. The molecule has 0 atom stereocenters. The number of rotatable bonds is 8. The van der Waals surface area contributed by atoms with Gasteiger partial charge in [0.15, 0.2) is 10.8 Å². The minimum atomic E-state index is -0.507. The molecule has 1 saturated heterocycles. The third-order valence-corrected chi connectivity index (χ3v) is 7.66. The summed E-state index contributed by atoms with van der Waals surface area (Å²) in [6.07, 6.45) is 11.1. The van der Waals surface area contributed by atoms with Gasteiger partial charge in [-0.2, -0.15) is 0 Å². The van der Waals surface area contributed by atoms with E-state index in [2.05, 4.69) is 43.1 Å². The number of carbonyl (C=O) groups excluding carboxylic acids is 1. The van der Waals surface area contributed by atoms with Gasteiger partial charge >= 0.3 is 6.03 Å².